The fourth-order valence-electron chi connectivity index (χ4n) is 3.73. The van der Waals surface area contributed by atoms with Gasteiger partial charge in [0.15, 0.2) is 0 Å². The largest absolute Gasteiger partial charge is 0.491 e. The maximum atomic E-state index is 13.4. The molecular formula is C22H23IN4O5. The van der Waals surface area contributed by atoms with E-state index in [9.17, 15) is 9.59 Å². The summed E-state index contributed by atoms with van der Waals surface area (Å²) >= 11 is 2.21. The van der Waals surface area contributed by atoms with Crippen molar-refractivity contribution >= 4 is 45.6 Å². The number of fused-ring (bicyclic) bond motifs is 1. The molecule has 1 unspecified atom stereocenters. The molecule has 1 fully saturated rings. The van der Waals surface area contributed by atoms with E-state index in [1.165, 1.54) is 12.0 Å². The smallest absolute Gasteiger partial charge is 0.325 e. The van der Waals surface area contributed by atoms with E-state index in [0.29, 0.717) is 17.1 Å². The first-order valence-electron chi connectivity index (χ1n) is 10.1. The van der Waals surface area contributed by atoms with Gasteiger partial charge in [0.1, 0.15) is 30.3 Å². The van der Waals surface area contributed by atoms with E-state index >= 15 is 0 Å². The number of ether oxygens (including phenoxy) is 2. The highest BCUT2D eigenvalue weighted by molar-refractivity contribution is 14.1. The first kappa shape index (κ1) is 22.5. The van der Waals surface area contributed by atoms with Gasteiger partial charge in [-0.2, -0.15) is 0 Å². The molecule has 1 aliphatic heterocycles. The normalized spacial score (nSPS) is 18.1. The van der Waals surface area contributed by atoms with Crippen LogP contribution in [0, 0.1) is 3.57 Å². The van der Waals surface area contributed by atoms with E-state index < -0.39 is 24.2 Å². The van der Waals surface area contributed by atoms with Crippen molar-refractivity contribution in [3.63, 3.8) is 0 Å². The highest BCUT2D eigenvalue weighted by Gasteiger charge is 2.46. The summed E-state index contributed by atoms with van der Waals surface area (Å²) in [5.41, 5.74) is 2.20. The molecule has 1 saturated heterocycles. The Balaban J connectivity index is 1.64. The molecule has 0 radical (unpaired) electrons. The number of methoxy groups -OCH3 is 1. The molecule has 1 aromatic heterocycles. The Kier molecular flexibility index (Phi) is 6.63. The molecule has 0 spiro atoms. The topological polar surface area (TPSA) is 117 Å². The van der Waals surface area contributed by atoms with Crippen LogP contribution in [0.25, 0.3) is 11.0 Å². The SMILES string of the molecule is CO[C@H](C)C(c1nc2cc(I)ccc2[nH]1)N1C(=O)N[C@H](c2ccc(OCCO)cc2)C1=O. The fourth-order valence-corrected chi connectivity index (χ4v) is 4.20. The van der Waals surface area contributed by atoms with Crippen molar-refractivity contribution in [2.24, 2.45) is 0 Å². The molecule has 0 saturated carbocycles. The van der Waals surface area contributed by atoms with Crippen LogP contribution in [0.15, 0.2) is 42.5 Å². The molecule has 3 aromatic rings. The van der Waals surface area contributed by atoms with Gasteiger partial charge in [0.25, 0.3) is 5.91 Å². The number of aromatic nitrogens is 2. The lowest BCUT2D eigenvalue weighted by Gasteiger charge is -2.28. The molecule has 9 nitrogen and oxygen atoms in total. The molecule has 2 heterocycles. The lowest BCUT2D eigenvalue weighted by molar-refractivity contribution is -0.131. The maximum absolute atomic E-state index is 13.4. The number of halogens is 1. The van der Waals surface area contributed by atoms with Crippen LogP contribution in [0.4, 0.5) is 4.79 Å². The number of benzene rings is 2. The number of hydrogen-bond donors (Lipinski definition) is 3. The van der Waals surface area contributed by atoms with Gasteiger partial charge in [0, 0.05) is 10.7 Å². The van der Waals surface area contributed by atoms with Gasteiger partial charge in [-0.25, -0.2) is 14.7 Å². The number of carbonyl (C=O) groups is 2. The van der Waals surface area contributed by atoms with Crippen LogP contribution >= 0.6 is 22.6 Å². The number of amides is 3. The number of aliphatic hydroxyl groups is 1. The maximum Gasteiger partial charge on any atom is 0.325 e. The summed E-state index contributed by atoms with van der Waals surface area (Å²) in [5, 5.41) is 11.6. The molecule has 0 bridgehead atoms. The van der Waals surface area contributed by atoms with E-state index in [1.54, 1.807) is 31.2 Å². The van der Waals surface area contributed by atoms with Crippen molar-refractivity contribution in [3.8, 4) is 5.75 Å². The van der Waals surface area contributed by atoms with Crippen molar-refractivity contribution in [1.29, 1.82) is 0 Å². The molecule has 0 aliphatic carbocycles. The second-order valence-electron chi connectivity index (χ2n) is 7.40. The van der Waals surface area contributed by atoms with Crippen molar-refractivity contribution in [2.45, 2.75) is 25.1 Å². The number of rotatable bonds is 8. The number of imidazole rings is 1. The van der Waals surface area contributed by atoms with E-state index in [-0.39, 0.29) is 19.1 Å². The molecule has 4 rings (SSSR count). The Morgan fingerprint density at radius 3 is 2.66 bits per heavy atom. The lowest BCUT2D eigenvalue weighted by Crippen LogP contribution is -2.41. The monoisotopic (exact) mass is 550 g/mol. The molecule has 1 aliphatic rings. The standard InChI is InChI=1S/C22H23IN4O5/c1-12(31-2)19(20-24-16-8-5-14(23)11-17(16)25-20)27-21(29)18(26-22(27)30)13-3-6-15(7-4-13)32-10-9-28/h3-8,11-12,18-19,28H,9-10H2,1-2H3,(H,24,25)(H,26,30)/t12-,18-,19?/m1/s1. The zero-order valence-corrected chi connectivity index (χ0v) is 19.7. The van der Waals surface area contributed by atoms with Gasteiger partial charge in [-0.3, -0.25) is 4.79 Å². The minimum Gasteiger partial charge on any atom is -0.491 e. The molecule has 10 heteroatoms. The molecule has 32 heavy (non-hydrogen) atoms. The number of urea groups is 1. The number of nitrogens with zero attached hydrogens (tertiary/aromatic N) is 2. The number of hydrogen-bond acceptors (Lipinski definition) is 6. The molecule has 168 valence electrons. The average Bonchev–Trinajstić information content (AvgIpc) is 3.33. The Morgan fingerprint density at radius 2 is 1.97 bits per heavy atom. The zero-order chi connectivity index (χ0) is 22.8. The first-order chi connectivity index (χ1) is 15.4. The van der Waals surface area contributed by atoms with Gasteiger partial charge in [-0.05, 0) is 65.4 Å². The summed E-state index contributed by atoms with van der Waals surface area (Å²) in [6, 6.07) is 10.6. The predicted octanol–water partition coefficient (Wildman–Crippen LogP) is 2.91. The van der Waals surface area contributed by atoms with Crippen molar-refractivity contribution in [1.82, 2.24) is 20.2 Å². The van der Waals surface area contributed by atoms with Crippen LogP contribution in [-0.4, -0.2) is 58.3 Å². The Bertz CT molecular complexity index is 1130. The summed E-state index contributed by atoms with van der Waals surface area (Å²) in [7, 11) is 1.53. The third-order valence-electron chi connectivity index (χ3n) is 5.38. The minimum atomic E-state index is -0.828. The van der Waals surface area contributed by atoms with Gasteiger partial charge < -0.3 is 24.9 Å². The minimum absolute atomic E-state index is 0.0894. The third-order valence-corrected chi connectivity index (χ3v) is 6.05. The summed E-state index contributed by atoms with van der Waals surface area (Å²) < 4.78 is 11.9. The fraction of sp³-hybridized carbons (Fsp3) is 0.318. The molecule has 3 N–H and O–H groups in total. The predicted molar refractivity (Wildman–Crippen MR) is 125 cm³/mol. The molecule has 3 atom stereocenters. The quantitative estimate of drug-likeness (QED) is 0.294. The number of aromatic amines is 1. The van der Waals surface area contributed by atoms with Crippen molar-refractivity contribution in [2.75, 3.05) is 20.3 Å². The van der Waals surface area contributed by atoms with Crippen LogP contribution in [0.5, 0.6) is 5.75 Å². The van der Waals surface area contributed by atoms with Gasteiger partial charge in [0.05, 0.1) is 23.7 Å². The van der Waals surface area contributed by atoms with Gasteiger partial charge in [-0.15, -0.1) is 0 Å². The van der Waals surface area contributed by atoms with E-state index in [4.69, 9.17) is 14.6 Å². The average molecular weight is 550 g/mol. The van der Waals surface area contributed by atoms with E-state index in [2.05, 4.69) is 37.9 Å². The summed E-state index contributed by atoms with van der Waals surface area (Å²) in [5.74, 6) is 0.662. The summed E-state index contributed by atoms with van der Waals surface area (Å²) in [6.45, 7) is 1.88. The van der Waals surface area contributed by atoms with Crippen LogP contribution in [-0.2, 0) is 9.53 Å². The Morgan fingerprint density at radius 1 is 1.22 bits per heavy atom. The molecule has 3 amide bonds. The number of carbonyl (C=O) groups excluding carboxylic acids is 2. The first-order valence-corrected chi connectivity index (χ1v) is 11.2. The highest BCUT2D eigenvalue weighted by atomic mass is 127. The second kappa shape index (κ2) is 9.43. The van der Waals surface area contributed by atoms with Gasteiger partial charge in [-0.1, -0.05) is 12.1 Å². The highest BCUT2D eigenvalue weighted by Crippen LogP contribution is 2.33. The second-order valence-corrected chi connectivity index (χ2v) is 8.65. The van der Waals surface area contributed by atoms with Crippen LogP contribution < -0.4 is 10.1 Å². The lowest BCUT2D eigenvalue weighted by atomic mass is 10.1. The number of nitrogens with one attached hydrogen (secondary N) is 2. The summed E-state index contributed by atoms with van der Waals surface area (Å²) in [4.78, 5) is 35.3. The Labute approximate surface area is 198 Å². The Hall–Kier alpha value is -2.70. The van der Waals surface area contributed by atoms with Gasteiger partial charge >= 0.3 is 6.03 Å². The van der Waals surface area contributed by atoms with Crippen LogP contribution in [0.1, 0.15) is 30.4 Å². The van der Waals surface area contributed by atoms with E-state index in [1.807, 2.05) is 18.2 Å². The van der Waals surface area contributed by atoms with Crippen LogP contribution in [0.3, 0.4) is 0 Å². The third kappa shape index (κ3) is 4.30. The zero-order valence-electron chi connectivity index (χ0n) is 17.5. The van der Waals surface area contributed by atoms with Crippen LogP contribution in [0.2, 0.25) is 0 Å². The van der Waals surface area contributed by atoms with Gasteiger partial charge in [0.2, 0.25) is 0 Å². The van der Waals surface area contributed by atoms with E-state index in [0.717, 1.165) is 14.6 Å². The molecular weight excluding hydrogens is 527 g/mol. The number of imide groups is 1. The van der Waals surface area contributed by atoms with Crippen molar-refractivity contribution in [3.05, 3.63) is 57.4 Å². The number of aliphatic hydroxyl groups excluding tert-OH is 1. The summed E-state index contributed by atoms with van der Waals surface area (Å²) in [6.07, 6.45) is -0.489. The molecule has 2 aromatic carbocycles. The van der Waals surface area contributed by atoms with Crippen molar-refractivity contribution < 1.29 is 24.2 Å². The number of H-pyrrole nitrogens is 1.